The highest BCUT2D eigenvalue weighted by atomic mass is 35.5. The Hall–Kier alpha value is -0.800. The topological polar surface area (TPSA) is 35.2 Å². The zero-order chi connectivity index (χ0) is 11.1. The average molecular weight is 230 g/mol. The van der Waals surface area contributed by atoms with Crippen LogP contribution in [0.2, 0.25) is 5.02 Å². The first-order valence-electron chi connectivity index (χ1n) is 4.85. The maximum Gasteiger partial charge on any atom is 0.169 e. The minimum Gasteiger partial charge on any atom is -0.494 e. The van der Waals surface area contributed by atoms with Gasteiger partial charge in [0.25, 0.3) is 0 Å². The standard InChI is InChI=1S/C11H13ClFNO/c1-15-9-3-2-8(12)7(10(9)13)6-11(14)4-5-11/h2-3H,4-6,14H2,1H3. The van der Waals surface area contributed by atoms with Crippen LogP contribution < -0.4 is 10.5 Å². The fraction of sp³-hybridized carbons (Fsp3) is 0.455. The third-order valence-electron chi connectivity index (χ3n) is 2.79. The number of rotatable bonds is 3. The minimum atomic E-state index is -0.387. The van der Waals surface area contributed by atoms with Gasteiger partial charge in [0, 0.05) is 16.1 Å². The number of halogens is 2. The fourth-order valence-corrected chi connectivity index (χ4v) is 1.80. The quantitative estimate of drug-likeness (QED) is 0.865. The highest BCUT2D eigenvalue weighted by Crippen LogP contribution is 2.39. The van der Waals surface area contributed by atoms with Crippen molar-refractivity contribution in [1.29, 1.82) is 0 Å². The van der Waals surface area contributed by atoms with E-state index in [9.17, 15) is 4.39 Å². The normalized spacial score (nSPS) is 17.6. The Labute approximate surface area is 93.2 Å². The summed E-state index contributed by atoms with van der Waals surface area (Å²) in [5.41, 5.74) is 6.16. The van der Waals surface area contributed by atoms with Gasteiger partial charge >= 0.3 is 0 Å². The first-order chi connectivity index (χ1) is 7.06. The van der Waals surface area contributed by atoms with E-state index in [0.717, 1.165) is 12.8 Å². The second-order valence-corrected chi connectivity index (χ2v) is 4.49. The summed E-state index contributed by atoms with van der Waals surface area (Å²) in [6, 6.07) is 3.17. The maximum atomic E-state index is 13.8. The molecule has 2 nitrogen and oxygen atoms in total. The Morgan fingerprint density at radius 1 is 1.53 bits per heavy atom. The van der Waals surface area contributed by atoms with E-state index >= 15 is 0 Å². The molecule has 1 aromatic carbocycles. The predicted octanol–water partition coefficient (Wildman–Crippen LogP) is 2.52. The molecule has 2 N–H and O–H groups in total. The molecular weight excluding hydrogens is 217 g/mol. The molecule has 0 radical (unpaired) electrons. The molecule has 0 spiro atoms. The average Bonchev–Trinajstić information content (AvgIpc) is 2.92. The smallest absolute Gasteiger partial charge is 0.169 e. The monoisotopic (exact) mass is 229 g/mol. The van der Waals surface area contributed by atoms with E-state index in [1.165, 1.54) is 13.2 Å². The van der Waals surface area contributed by atoms with Crippen molar-refractivity contribution >= 4 is 11.6 Å². The van der Waals surface area contributed by atoms with Crippen LogP contribution in [0.15, 0.2) is 12.1 Å². The Bertz CT molecular complexity index is 390. The Balaban J connectivity index is 2.35. The molecule has 1 fully saturated rings. The molecule has 0 unspecified atom stereocenters. The molecule has 1 aliphatic rings. The Morgan fingerprint density at radius 2 is 2.20 bits per heavy atom. The lowest BCUT2D eigenvalue weighted by molar-refractivity contribution is 0.383. The van der Waals surface area contributed by atoms with Crippen LogP contribution in [0.25, 0.3) is 0 Å². The summed E-state index contributed by atoms with van der Waals surface area (Å²) in [4.78, 5) is 0. The number of hydrogen-bond acceptors (Lipinski definition) is 2. The van der Waals surface area contributed by atoms with Crippen molar-refractivity contribution in [3.8, 4) is 5.75 Å². The highest BCUT2D eigenvalue weighted by Gasteiger charge is 2.39. The van der Waals surface area contributed by atoms with E-state index in [0.29, 0.717) is 17.0 Å². The van der Waals surface area contributed by atoms with E-state index in [1.54, 1.807) is 6.07 Å². The van der Waals surface area contributed by atoms with Gasteiger partial charge in [0.2, 0.25) is 0 Å². The molecule has 0 amide bonds. The molecular formula is C11H13ClFNO. The summed E-state index contributed by atoms with van der Waals surface area (Å²) in [7, 11) is 1.44. The first-order valence-corrected chi connectivity index (χ1v) is 5.23. The second-order valence-electron chi connectivity index (χ2n) is 4.08. The van der Waals surface area contributed by atoms with Gasteiger partial charge in [0.1, 0.15) is 0 Å². The lowest BCUT2D eigenvalue weighted by Crippen LogP contribution is -2.25. The summed E-state index contributed by atoms with van der Waals surface area (Å²) < 4.78 is 18.7. The number of nitrogens with two attached hydrogens (primary N) is 1. The van der Waals surface area contributed by atoms with E-state index in [2.05, 4.69) is 0 Å². The summed E-state index contributed by atoms with van der Waals surface area (Å²) >= 11 is 5.94. The maximum absolute atomic E-state index is 13.8. The van der Waals surface area contributed by atoms with Gasteiger partial charge < -0.3 is 10.5 Å². The third kappa shape index (κ3) is 2.08. The zero-order valence-electron chi connectivity index (χ0n) is 8.52. The molecule has 0 aromatic heterocycles. The van der Waals surface area contributed by atoms with Gasteiger partial charge in [-0.3, -0.25) is 0 Å². The van der Waals surface area contributed by atoms with Gasteiger partial charge in [-0.1, -0.05) is 11.6 Å². The van der Waals surface area contributed by atoms with Crippen LogP contribution >= 0.6 is 11.6 Å². The lowest BCUT2D eigenvalue weighted by Gasteiger charge is -2.13. The van der Waals surface area contributed by atoms with Crippen LogP contribution in [-0.4, -0.2) is 12.6 Å². The molecule has 4 heteroatoms. The summed E-state index contributed by atoms with van der Waals surface area (Å²) in [6.07, 6.45) is 2.34. The van der Waals surface area contributed by atoms with Crippen molar-refractivity contribution in [2.75, 3.05) is 7.11 Å². The van der Waals surface area contributed by atoms with Crippen LogP contribution in [0.1, 0.15) is 18.4 Å². The van der Waals surface area contributed by atoms with Crippen molar-refractivity contribution in [3.05, 3.63) is 28.5 Å². The van der Waals surface area contributed by atoms with Gasteiger partial charge in [-0.25, -0.2) is 4.39 Å². The van der Waals surface area contributed by atoms with Gasteiger partial charge in [-0.15, -0.1) is 0 Å². The zero-order valence-corrected chi connectivity index (χ0v) is 9.27. The molecule has 82 valence electrons. The molecule has 2 rings (SSSR count). The van der Waals surface area contributed by atoms with Crippen molar-refractivity contribution in [1.82, 2.24) is 0 Å². The van der Waals surface area contributed by atoms with Crippen LogP contribution in [0.4, 0.5) is 4.39 Å². The highest BCUT2D eigenvalue weighted by molar-refractivity contribution is 6.31. The van der Waals surface area contributed by atoms with Gasteiger partial charge in [-0.05, 0) is 31.4 Å². The second kappa shape index (κ2) is 3.65. The number of ether oxygens (including phenoxy) is 1. The minimum absolute atomic E-state index is 0.221. The molecule has 0 saturated heterocycles. The number of hydrogen-bond donors (Lipinski definition) is 1. The van der Waals surface area contributed by atoms with Gasteiger partial charge in [0.15, 0.2) is 11.6 Å². The largest absolute Gasteiger partial charge is 0.494 e. The first kappa shape index (κ1) is 10.7. The third-order valence-corrected chi connectivity index (χ3v) is 3.15. The fourth-order valence-electron chi connectivity index (χ4n) is 1.59. The van der Waals surface area contributed by atoms with E-state index in [-0.39, 0.29) is 17.1 Å². The number of benzene rings is 1. The van der Waals surface area contributed by atoms with Crippen LogP contribution in [0.5, 0.6) is 5.75 Å². The predicted molar refractivity (Wildman–Crippen MR) is 57.8 cm³/mol. The number of methoxy groups -OCH3 is 1. The van der Waals surface area contributed by atoms with Crippen molar-refractivity contribution in [3.63, 3.8) is 0 Å². The van der Waals surface area contributed by atoms with E-state index in [1.807, 2.05) is 0 Å². The van der Waals surface area contributed by atoms with Crippen LogP contribution in [-0.2, 0) is 6.42 Å². The summed E-state index contributed by atoms with van der Waals surface area (Å²) in [5.74, 6) is -0.166. The van der Waals surface area contributed by atoms with E-state index < -0.39 is 0 Å². The molecule has 0 heterocycles. The molecule has 15 heavy (non-hydrogen) atoms. The van der Waals surface area contributed by atoms with Crippen molar-refractivity contribution < 1.29 is 9.13 Å². The molecule has 0 atom stereocenters. The van der Waals surface area contributed by atoms with Gasteiger partial charge in [-0.2, -0.15) is 0 Å². The molecule has 1 aromatic rings. The van der Waals surface area contributed by atoms with E-state index in [4.69, 9.17) is 22.1 Å². The molecule has 1 aliphatic carbocycles. The summed E-state index contributed by atoms with van der Waals surface area (Å²) in [6.45, 7) is 0. The SMILES string of the molecule is COc1ccc(Cl)c(CC2(N)CC2)c1F. The molecule has 1 saturated carbocycles. The molecule has 0 bridgehead atoms. The van der Waals surface area contributed by atoms with Crippen LogP contribution in [0.3, 0.4) is 0 Å². The van der Waals surface area contributed by atoms with Crippen molar-refractivity contribution in [2.24, 2.45) is 5.73 Å². The Morgan fingerprint density at radius 3 is 2.73 bits per heavy atom. The lowest BCUT2D eigenvalue weighted by atomic mass is 10.0. The summed E-state index contributed by atoms with van der Waals surface area (Å²) in [5, 5.41) is 0.421. The molecule has 0 aliphatic heterocycles. The van der Waals surface area contributed by atoms with Gasteiger partial charge in [0.05, 0.1) is 7.11 Å². The van der Waals surface area contributed by atoms with Crippen molar-refractivity contribution in [2.45, 2.75) is 24.8 Å². The van der Waals surface area contributed by atoms with Crippen LogP contribution in [0, 0.1) is 5.82 Å². The Kier molecular flexibility index (Phi) is 2.61.